The number of ketones is 1. The zero-order valence-corrected chi connectivity index (χ0v) is 10.6. The molecule has 92 valence electrons. The Bertz CT molecular complexity index is 205. The summed E-state index contributed by atoms with van der Waals surface area (Å²) in [7, 11) is 0. The van der Waals surface area contributed by atoms with Gasteiger partial charge < -0.3 is 0 Å². The standard InChI is InChI=1S/C14H25NO/c1-3-5-6-7-8-9-10-11-14(16)13-15-12-4-2/h2,15H,3,5-13H2,1H3. The van der Waals surface area contributed by atoms with Crippen molar-refractivity contribution < 1.29 is 4.79 Å². The second-order valence-corrected chi connectivity index (χ2v) is 4.22. The lowest BCUT2D eigenvalue weighted by Crippen LogP contribution is -2.22. The molecule has 0 unspecified atom stereocenters. The maximum atomic E-state index is 11.3. The Hall–Kier alpha value is -0.810. The van der Waals surface area contributed by atoms with Gasteiger partial charge in [0.15, 0.2) is 0 Å². The zero-order chi connectivity index (χ0) is 12.1. The Morgan fingerprint density at radius 1 is 1.12 bits per heavy atom. The summed E-state index contributed by atoms with van der Waals surface area (Å²) in [6, 6.07) is 0. The number of terminal acetylenes is 1. The maximum absolute atomic E-state index is 11.3. The van der Waals surface area contributed by atoms with Gasteiger partial charge in [-0.2, -0.15) is 0 Å². The predicted octanol–water partition coefficient (Wildman–Crippen LogP) is 2.92. The summed E-state index contributed by atoms with van der Waals surface area (Å²) in [6.07, 6.45) is 14.5. The number of carbonyl (C=O) groups excluding carboxylic acids is 1. The van der Waals surface area contributed by atoms with Gasteiger partial charge in [0.25, 0.3) is 0 Å². The van der Waals surface area contributed by atoms with Gasteiger partial charge in [-0.15, -0.1) is 6.42 Å². The second-order valence-electron chi connectivity index (χ2n) is 4.22. The number of nitrogens with one attached hydrogen (secondary N) is 1. The third kappa shape index (κ3) is 11.3. The van der Waals surface area contributed by atoms with Gasteiger partial charge in [0.1, 0.15) is 5.78 Å². The van der Waals surface area contributed by atoms with Gasteiger partial charge in [0.05, 0.1) is 13.1 Å². The zero-order valence-electron chi connectivity index (χ0n) is 10.6. The van der Waals surface area contributed by atoms with Crippen molar-refractivity contribution in [1.82, 2.24) is 5.32 Å². The van der Waals surface area contributed by atoms with E-state index in [2.05, 4.69) is 18.2 Å². The van der Waals surface area contributed by atoms with E-state index in [1.807, 2.05) is 0 Å². The molecule has 0 fully saturated rings. The fraction of sp³-hybridized carbons (Fsp3) is 0.786. The van der Waals surface area contributed by atoms with Crippen LogP contribution in [0.2, 0.25) is 0 Å². The minimum Gasteiger partial charge on any atom is -0.299 e. The van der Waals surface area contributed by atoms with Crippen molar-refractivity contribution in [2.75, 3.05) is 13.1 Å². The van der Waals surface area contributed by atoms with Gasteiger partial charge in [-0.05, 0) is 6.42 Å². The molecule has 0 aliphatic heterocycles. The lowest BCUT2D eigenvalue weighted by molar-refractivity contribution is -0.118. The fourth-order valence-corrected chi connectivity index (χ4v) is 1.64. The summed E-state index contributed by atoms with van der Waals surface area (Å²) in [5.41, 5.74) is 0. The topological polar surface area (TPSA) is 29.1 Å². The first kappa shape index (κ1) is 15.2. The van der Waals surface area contributed by atoms with E-state index in [4.69, 9.17) is 6.42 Å². The van der Waals surface area contributed by atoms with Crippen LogP contribution < -0.4 is 5.32 Å². The van der Waals surface area contributed by atoms with E-state index < -0.39 is 0 Å². The van der Waals surface area contributed by atoms with Crippen molar-refractivity contribution in [1.29, 1.82) is 0 Å². The number of Topliss-reactive ketones (excluding diaryl/α,β-unsaturated/α-hetero) is 1. The van der Waals surface area contributed by atoms with Crippen molar-refractivity contribution in [3.8, 4) is 12.3 Å². The Morgan fingerprint density at radius 3 is 2.38 bits per heavy atom. The van der Waals surface area contributed by atoms with Crippen molar-refractivity contribution in [3.63, 3.8) is 0 Å². The van der Waals surface area contributed by atoms with E-state index in [0.29, 0.717) is 19.5 Å². The fourth-order valence-electron chi connectivity index (χ4n) is 1.64. The lowest BCUT2D eigenvalue weighted by atomic mass is 10.1. The highest BCUT2D eigenvalue weighted by Gasteiger charge is 2.00. The first-order valence-electron chi connectivity index (χ1n) is 6.47. The van der Waals surface area contributed by atoms with Crippen LogP contribution >= 0.6 is 0 Å². The molecule has 2 nitrogen and oxygen atoms in total. The molecule has 0 aromatic carbocycles. The molecule has 0 spiro atoms. The summed E-state index contributed by atoms with van der Waals surface area (Å²) in [5.74, 6) is 2.74. The van der Waals surface area contributed by atoms with Gasteiger partial charge in [-0.25, -0.2) is 0 Å². The Kier molecular flexibility index (Phi) is 11.6. The first-order valence-corrected chi connectivity index (χ1v) is 6.47. The van der Waals surface area contributed by atoms with E-state index in [1.165, 1.54) is 38.5 Å². The van der Waals surface area contributed by atoms with Gasteiger partial charge in [0, 0.05) is 6.42 Å². The van der Waals surface area contributed by atoms with E-state index in [1.54, 1.807) is 0 Å². The minimum absolute atomic E-state index is 0.281. The maximum Gasteiger partial charge on any atom is 0.146 e. The van der Waals surface area contributed by atoms with Gasteiger partial charge in [-0.3, -0.25) is 10.1 Å². The number of carbonyl (C=O) groups is 1. The monoisotopic (exact) mass is 223 g/mol. The molecule has 1 N–H and O–H groups in total. The SMILES string of the molecule is C#CCNCC(=O)CCCCCCCCC. The van der Waals surface area contributed by atoms with Crippen LogP contribution in [0, 0.1) is 12.3 Å². The van der Waals surface area contributed by atoms with Crippen LogP contribution in [0.5, 0.6) is 0 Å². The second kappa shape index (κ2) is 12.3. The number of unbranched alkanes of at least 4 members (excludes halogenated alkanes) is 6. The molecule has 0 radical (unpaired) electrons. The molecule has 0 aliphatic carbocycles. The summed E-state index contributed by atoms with van der Waals surface area (Å²) < 4.78 is 0. The third-order valence-electron chi connectivity index (χ3n) is 2.61. The molecular formula is C14H25NO. The molecule has 0 aliphatic rings. The van der Waals surface area contributed by atoms with E-state index in [9.17, 15) is 4.79 Å². The normalized spacial score (nSPS) is 10.0. The molecule has 2 heteroatoms. The Labute approximate surface area is 100 Å². The summed E-state index contributed by atoms with van der Waals surface area (Å²) in [5, 5.41) is 2.92. The molecule has 0 bridgehead atoms. The number of hydrogen-bond acceptors (Lipinski definition) is 2. The molecule has 0 aromatic heterocycles. The highest BCUT2D eigenvalue weighted by molar-refractivity contribution is 5.80. The molecule has 0 aromatic rings. The van der Waals surface area contributed by atoms with E-state index in [-0.39, 0.29) is 5.78 Å². The van der Waals surface area contributed by atoms with Crippen LogP contribution in [-0.2, 0) is 4.79 Å². The summed E-state index contributed by atoms with van der Waals surface area (Å²) in [6.45, 7) is 3.14. The highest BCUT2D eigenvalue weighted by Crippen LogP contribution is 2.08. The average Bonchev–Trinajstić information content (AvgIpc) is 2.28. The first-order chi connectivity index (χ1) is 7.81. The number of hydrogen-bond donors (Lipinski definition) is 1. The van der Waals surface area contributed by atoms with Crippen molar-refractivity contribution in [3.05, 3.63) is 0 Å². The Morgan fingerprint density at radius 2 is 1.75 bits per heavy atom. The van der Waals surface area contributed by atoms with Crippen molar-refractivity contribution in [2.45, 2.75) is 58.3 Å². The molecular weight excluding hydrogens is 198 g/mol. The van der Waals surface area contributed by atoms with Crippen molar-refractivity contribution in [2.24, 2.45) is 0 Å². The summed E-state index contributed by atoms with van der Waals surface area (Å²) >= 11 is 0. The molecule has 0 heterocycles. The van der Waals surface area contributed by atoms with Crippen LogP contribution in [-0.4, -0.2) is 18.9 Å². The minimum atomic E-state index is 0.281. The van der Waals surface area contributed by atoms with E-state index >= 15 is 0 Å². The van der Waals surface area contributed by atoms with Crippen LogP contribution in [0.15, 0.2) is 0 Å². The molecule has 0 saturated carbocycles. The van der Waals surface area contributed by atoms with Crippen LogP contribution in [0.25, 0.3) is 0 Å². The molecule has 0 amide bonds. The third-order valence-corrected chi connectivity index (χ3v) is 2.61. The molecule has 0 atom stereocenters. The van der Waals surface area contributed by atoms with Gasteiger partial charge >= 0.3 is 0 Å². The predicted molar refractivity (Wildman–Crippen MR) is 69.3 cm³/mol. The highest BCUT2D eigenvalue weighted by atomic mass is 16.1. The van der Waals surface area contributed by atoms with Gasteiger partial charge in [0.2, 0.25) is 0 Å². The van der Waals surface area contributed by atoms with Crippen LogP contribution in [0.1, 0.15) is 58.3 Å². The van der Waals surface area contributed by atoms with E-state index in [0.717, 1.165) is 6.42 Å². The smallest absolute Gasteiger partial charge is 0.146 e. The molecule has 16 heavy (non-hydrogen) atoms. The lowest BCUT2D eigenvalue weighted by Gasteiger charge is -2.02. The van der Waals surface area contributed by atoms with Crippen LogP contribution in [0.3, 0.4) is 0 Å². The van der Waals surface area contributed by atoms with Gasteiger partial charge in [-0.1, -0.05) is 51.4 Å². The quantitative estimate of drug-likeness (QED) is 0.431. The number of rotatable bonds is 11. The van der Waals surface area contributed by atoms with Crippen molar-refractivity contribution >= 4 is 5.78 Å². The largest absolute Gasteiger partial charge is 0.299 e. The Balaban J connectivity index is 3.12. The molecule has 0 rings (SSSR count). The average molecular weight is 223 g/mol. The summed E-state index contributed by atoms with van der Waals surface area (Å²) in [4.78, 5) is 11.3. The van der Waals surface area contributed by atoms with Crippen LogP contribution in [0.4, 0.5) is 0 Å². The molecule has 0 saturated heterocycles.